The first-order chi connectivity index (χ1) is 18.2. The molecular weight excluding hydrogens is 499 g/mol. The molecule has 1 aromatic heterocycles. The minimum absolute atomic E-state index is 0.0239. The van der Waals surface area contributed by atoms with Crippen LogP contribution >= 0.6 is 0 Å². The van der Waals surface area contributed by atoms with E-state index in [9.17, 15) is 18.0 Å². The lowest BCUT2D eigenvalue weighted by Gasteiger charge is -2.34. The van der Waals surface area contributed by atoms with Crippen LogP contribution in [0.3, 0.4) is 0 Å². The summed E-state index contributed by atoms with van der Waals surface area (Å²) in [5, 5.41) is 8.44. The van der Waals surface area contributed by atoms with Gasteiger partial charge in [-0.3, -0.25) is 4.79 Å². The molecular formula is C26H28F3N7O2. The van der Waals surface area contributed by atoms with E-state index in [4.69, 9.17) is 4.74 Å². The Balaban J connectivity index is 1.41. The number of carbonyl (C=O) groups is 1. The molecule has 2 aliphatic heterocycles. The van der Waals surface area contributed by atoms with Gasteiger partial charge in [-0.2, -0.15) is 18.2 Å². The standard InChI is InChI=1S/C26H28F3N7O2/c1-16-15-38-21-5-3-4-20(22(21)24(37)31-16)33-23-19(26(27,28)29)14-30-25(34-23)32-17-6-8-18(9-7-17)36-12-10-35(2)11-13-36/h3-9,14,16H,10-13,15H2,1-2H3,(H,31,37)(H2,30,32,33,34). The average molecular weight is 528 g/mol. The number of carbonyl (C=O) groups excluding carboxylic acids is 1. The fourth-order valence-electron chi connectivity index (χ4n) is 4.36. The first-order valence-corrected chi connectivity index (χ1v) is 12.3. The summed E-state index contributed by atoms with van der Waals surface area (Å²) in [5.41, 5.74) is 0.885. The molecule has 1 amide bonds. The average Bonchev–Trinajstić information content (AvgIpc) is 3.02. The SMILES string of the molecule is CC1COc2cccc(Nc3nc(Nc4ccc(N5CCN(C)CC5)cc4)ncc3C(F)(F)F)c2C(=O)N1. The van der Waals surface area contributed by atoms with Crippen LogP contribution in [-0.4, -0.2) is 66.7 Å². The number of alkyl halides is 3. The number of rotatable bonds is 5. The summed E-state index contributed by atoms with van der Waals surface area (Å²) in [6, 6.07) is 12.0. The molecule has 0 saturated carbocycles. The number of ether oxygens (including phenoxy) is 1. The number of aromatic nitrogens is 2. The van der Waals surface area contributed by atoms with Crippen LogP contribution in [0.4, 0.5) is 42.0 Å². The number of likely N-dealkylation sites (N-methyl/N-ethyl adjacent to an activating group) is 1. The molecule has 12 heteroatoms. The summed E-state index contributed by atoms with van der Waals surface area (Å²) < 4.78 is 47.2. The molecule has 0 bridgehead atoms. The van der Waals surface area contributed by atoms with E-state index >= 15 is 0 Å². The van der Waals surface area contributed by atoms with E-state index in [1.165, 1.54) is 6.07 Å². The smallest absolute Gasteiger partial charge is 0.421 e. The van der Waals surface area contributed by atoms with Crippen molar-refractivity contribution < 1.29 is 22.7 Å². The van der Waals surface area contributed by atoms with Crippen LogP contribution in [0.1, 0.15) is 22.8 Å². The molecule has 0 radical (unpaired) electrons. The third-order valence-electron chi connectivity index (χ3n) is 6.46. The number of anilines is 5. The van der Waals surface area contributed by atoms with Crippen molar-refractivity contribution in [3.63, 3.8) is 0 Å². The second-order valence-corrected chi connectivity index (χ2v) is 9.41. The number of hydrogen-bond acceptors (Lipinski definition) is 8. The molecule has 1 unspecified atom stereocenters. The van der Waals surface area contributed by atoms with Crippen LogP contribution in [0.5, 0.6) is 5.75 Å². The van der Waals surface area contributed by atoms with Crippen LogP contribution in [0.2, 0.25) is 0 Å². The molecule has 0 spiro atoms. The summed E-state index contributed by atoms with van der Waals surface area (Å²) in [4.78, 5) is 25.3. The van der Waals surface area contributed by atoms with Gasteiger partial charge >= 0.3 is 6.18 Å². The number of fused-ring (bicyclic) bond motifs is 1. The van der Waals surface area contributed by atoms with Crippen molar-refractivity contribution in [2.24, 2.45) is 0 Å². The largest absolute Gasteiger partial charge is 0.491 e. The zero-order chi connectivity index (χ0) is 26.9. The highest BCUT2D eigenvalue weighted by Crippen LogP contribution is 2.37. The highest BCUT2D eigenvalue weighted by atomic mass is 19.4. The molecule has 1 saturated heterocycles. The normalized spacial score (nSPS) is 18.2. The Morgan fingerprint density at radius 1 is 1.05 bits per heavy atom. The summed E-state index contributed by atoms with van der Waals surface area (Å²) in [7, 11) is 2.09. The Hall–Kier alpha value is -4.06. The van der Waals surface area contributed by atoms with E-state index in [-0.39, 0.29) is 35.6 Å². The molecule has 2 aromatic carbocycles. The van der Waals surface area contributed by atoms with Crippen molar-refractivity contribution in [1.29, 1.82) is 0 Å². The molecule has 9 nitrogen and oxygen atoms in total. The predicted molar refractivity (Wildman–Crippen MR) is 139 cm³/mol. The monoisotopic (exact) mass is 527 g/mol. The number of amides is 1. The molecule has 200 valence electrons. The maximum Gasteiger partial charge on any atom is 0.421 e. The number of piperazine rings is 1. The van der Waals surface area contributed by atoms with Gasteiger partial charge in [-0.05, 0) is 50.4 Å². The lowest BCUT2D eigenvalue weighted by molar-refractivity contribution is -0.137. The van der Waals surface area contributed by atoms with E-state index in [1.807, 2.05) is 24.3 Å². The molecule has 2 aliphatic rings. The van der Waals surface area contributed by atoms with Crippen molar-refractivity contribution in [2.45, 2.75) is 19.1 Å². The van der Waals surface area contributed by atoms with Gasteiger partial charge in [0.2, 0.25) is 5.95 Å². The minimum Gasteiger partial charge on any atom is -0.491 e. The van der Waals surface area contributed by atoms with Gasteiger partial charge in [-0.25, -0.2) is 4.98 Å². The lowest BCUT2D eigenvalue weighted by Crippen LogP contribution is -2.44. The number of halogens is 3. The number of nitrogens with one attached hydrogen (secondary N) is 3. The summed E-state index contributed by atoms with van der Waals surface area (Å²) in [5.74, 6) is -0.681. The third-order valence-corrected chi connectivity index (χ3v) is 6.46. The maximum atomic E-state index is 13.8. The molecule has 38 heavy (non-hydrogen) atoms. The molecule has 0 aliphatic carbocycles. The zero-order valence-corrected chi connectivity index (χ0v) is 21.0. The second-order valence-electron chi connectivity index (χ2n) is 9.41. The van der Waals surface area contributed by atoms with E-state index in [0.717, 1.165) is 38.1 Å². The zero-order valence-electron chi connectivity index (χ0n) is 21.0. The summed E-state index contributed by atoms with van der Waals surface area (Å²) in [6.45, 7) is 5.82. The Bertz CT molecular complexity index is 1310. The fraction of sp³-hybridized carbons (Fsp3) is 0.346. The quantitative estimate of drug-likeness (QED) is 0.454. The lowest BCUT2D eigenvalue weighted by atomic mass is 10.1. The Morgan fingerprint density at radius 2 is 1.79 bits per heavy atom. The second kappa shape index (κ2) is 10.4. The van der Waals surface area contributed by atoms with Crippen molar-refractivity contribution in [3.8, 4) is 5.75 Å². The van der Waals surface area contributed by atoms with Crippen molar-refractivity contribution in [3.05, 3.63) is 59.8 Å². The van der Waals surface area contributed by atoms with E-state index in [1.54, 1.807) is 19.1 Å². The Kier molecular flexibility index (Phi) is 6.98. The van der Waals surface area contributed by atoms with Gasteiger partial charge in [0.05, 0.1) is 11.7 Å². The summed E-state index contributed by atoms with van der Waals surface area (Å²) >= 11 is 0. The summed E-state index contributed by atoms with van der Waals surface area (Å²) in [6.07, 6.45) is -4.00. The van der Waals surface area contributed by atoms with Gasteiger partial charge in [-0.1, -0.05) is 6.07 Å². The highest BCUT2D eigenvalue weighted by Gasteiger charge is 2.36. The van der Waals surface area contributed by atoms with Gasteiger partial charge in [0.25, 0.3) is 5.91 Å². The third kappa shape index (κ3) is 5.59. The van der Waals surface area contributed by atoms with E-state index in [2.05, 4.69) is 42.8 Å². The molecule has 3 heterocycles. The molecule has 3 aromatic rings. The fourth-order valence-corrected chi connectivity index (χ4v) is 4.36. The minimum atomic E-state index is -4.72. The first kappa shape index (κ1) is 25.6. The number of hydrogen-bond donors (Lipinski definition) is 3. The topological polar surface area (TPSA) is 94.7 Å². The van der Waals surface area contributed by atoms with Crippen LogP contribution in [0.25, 0.3) is 0 Å². The van der Waals surface area contributed by atoms with E-state index < -0.39 is 23.5 Å². The first-order valence-electron chi connectivity index (χ1n) is 12.3. The van der Waals surface area contributed by atoms with E-state index in [0.29, 0.717) is 5.69 Å². The van der Waals surface area contributed by atoms with Gasteiger partial charge in [0, 0.05) is 43.8 Å². The Morgan fingerprint density at radius 3 is 2.50 bits per heavy atom. The number of nitrogens with zero attached hydrogens (tertiary/aromatic N) is 4. The van der Waals surface area contributed by atoms with Crippen LogP contribution in [0.15, 0.2) is 48.7 Å². The molecule has 5 rings (SSSR count). The highest BCUT2D eigenvalue weighted by molar-refractivity contribution is 6.03. The van der Waals surface area contributed by atoms with Crippen molar-refractivity contribution >= 4 is 34.7 Å². The predicted octanol–water partition coefficient (Wildman–Crippen LogP) is 4.25. The molecule has 1 fully saturated rings. The Labute approximate surface area is 218 Å². The molecule has 1 atom stereocenters. The van der Waals surface area contributed by atoms with Crippen molar-refractivity contribution in [2.75, 3.05) is 55.4 Å². The van der Waals surface area contributed by atoms with Gasteiger partial charge < -0.3 is 30.5 Å². The maximum absolute atomic E-state index is 13.8. The van der Waals surface area contributed by atoms with Crippen LogP contribution < -0.4 is 25.6 Å². The van der Waals surface area contributed by atoms with Crippen LogP contribution in [0, 0.1) is 0 Å². The molecule has 3 N–H and O–H groups in total. The van der Waals surface area contributed by atoms with Gasteiger partial charge in [0.1, 0.15) is 29.3 Å². The number of benzene rings is 2. The van der Waals surface area contributed by atoms with Gasteiger partial charge in [-0.15, -0.1) is 0 Å². The van der Waals surface area contributed by atoms with Gasteiger partial charge in [0.15, 0.2) is 0 Å². The van der Waals surface area contributed by atoms with Crippen LogP contribution in [-0.2, 0) is 6.18 Å². The van der Waals surface area contributed by atoms with Crippen molar-refractivity contribution in [1.82, 2.24) is 20.2 Å².